The Bertz CT molecular complexity index is 590. The monoisotopic (exact) mass is 259 g/mol. The van der Waals surface area contributed by atoms with Crippen LogP contribution < -0.4 is 15.2 Å². The summed E-state index contributed by atoms with van der Waals surface area (Å²) in [7, 11) is 3.23. The van der Waals surface area contributed by atoms with Gasteiger partial charge in [0, 0.05) is 12.1 Å². The van der Waals surface area contributed by atoms with Gasteiger partial charge in [-0.3, -0.25) is 0 Å². The lowest BCUT2D eigenvalue weighted by Gasteiger charge is -2.10. The molecule has 1 aromatic heterocycles. The average molecular weight is 259 g/mol. The minimum Gasteiger partial charge on any atom is -0.497 e. The Morgan fingerprint density at radius 2 is 2.16 bits per heavy atom. The molecule has 5 nitrogen and oxygen atoms in total. The van der Waals surface area contributed by atoms with Gasteiger partial charge in [0.15, 0.2) is 0 Å². The molecule has 1 aromatic carbocycles. The smallest absolute Gasteiger partial charge is 0.131 e. The van der Waals surface area contributed by atoms with Crippen LogP contribution in [0.4, 0.5) is 5.82 Å². The van der Waals surface area contributed by atoms with E-state index in [2.05, 4.69) is 11.6 Å². The first kappa shape index (κ1) is 13.0. The molecule has 2 rings (SSSR count). The topological polar surface area (TPSA) is 62.3 Å². The number of benzene rings is 1. The van der Waals surface area contributed by atoms with Gasteiger partial charge in [-0.1, -0.05) is 6.08 Å². The van der Waals surface area contributed by atoms with E-state index in [0.29, 0.717) is 23.8 Å². The Morgan fingerprint density at radius 1 is 1.37 bits per heavy atom. The molecule has 0 aliphatic heterocycles. The maximum Gasteiger partial charge on any atom is 0.131 e. The molecule has 0 unspecified atom stereocenters. The van der Waals surface area contributed by atoms with Crippen LogP contribution in [0.15, 0.2) is 37.2 Å². The van der Waals surface area contributed by atoms with E-state index in [0.717, 1.165) is 11.3 Å². The lowest BCUT2D eigenvalue weighted by molar-refractivity contribution is 0.404. The lowest BCUT2D eigenvalue weighted by Crippen LogP contribution is -2.00. The lowest BCUT2D eigenvalue weighted by atomic mass is 10.1. The predicted molar refractivity (Wildman–Crippen MR) is 75.4 cm³/mol. The molecule has 2 aromatic rings. The molecule has 0 saturated carbocycles. The molecule has 1 heterocycles. The van der Waals surface area contributed by atoms with Crippen molar-refractivity contribution >= 4 is 5.82 Å². The van der Waals surface area contributed by atoms with Crippen LogP contribution in [-0.4, -0.2) is 23.8 Å². The van der Waals surface area contributed by atoms with Crippen LogP contribution in [0, 0.1) is 0 Å². The summed E-state index contributed by atoms with van der Waals surface area (Å²) in [5, 5.41) is 0. The fourth-order valence-electron chi connectivity index (χ4n) is 1.88. The molecule has 2 N–H and O–H groups in total. The zero-order valence-corrected chi connectivity index (χ0v) is 11.1. The molecule has 19 heavy (non-hydrogen) atoms. The summed E-state index contributed by atoms with van der Waals surface area (Å²) >= 11 is 0. The Morgan fingerprint density at radius 3 is 2.79 bits per heavy atom. The summed E-state index contributed by atoms with van der Waals surface area (Å²) in [6.07, 6.45) is 3.45. The van der Waals surface area contributed by atoms with Gasteiger partial charge in [-0.2, -0.15) is 0 Å². The van der Waals surface area contributed by atoms with E-state index in [1.165, 1.54) is 0 Å². The molecule has 0 aliphatic rings. The van der Waals surface area contributed by atoms with Crippen molar-refractivity contribution in [3.63, 3.8) is 0 Å². The fourth-order valence-corrected chi connectivity index (χ4v) is 1.88. The first-order valence-electron chi connectivity index (χ1n) is 5.85. The zero-order valence-electron chi connectivity index (χ0n) is 11.1. The van der Waals surface area contributed by atoms with E-state index in [-0.39, 0.29) is 0 Å². The highest BCUT2D eigenvalue weighted by Crippen LogP contribution is 2.35. The van der Waals surface area contributed by atoms with Crippen molar-refractivity contribution in [2.24, 2.45) is 0 Å². The van der Waals surface area contributed by atoms with Gasteiger partial charge in [0.1, 0.15) is 23.0 Å². The van der Waals surface area contributed by atoms with Gasteiger partial charge in [-0.15, -0.1) is 6.58 Å². The van der Waals surface area contributed by atoms with Crippen molar-refractivity contribution in [1.82, 2.24) is 9.55 Å². The number of hydrogen-bond donors (Lipinski definition) is 1. The number of nitrogens with zero attached hydrogens (tertiary/aromatic N) is 2. The predicted octanol–water partition coefficient (Wildman–Crippen LogP) is 2.34. The molecular formula is C14H17N3O2. The van der Waals surface area contributed by atoms with Crippen molar-refractivity contribution in [3.8, 4) is 22.8 Å². The Hall–Kier alpha value is -2.43. The maximum atomic E-state index is 6.09. The van der Waals surface area contributed by atoms with Crippen molar-refractivity contribution < 1.29 is 9.47 Å². The number of aromatic nitrogens is 2. The summed E-state index contributed by atoms with van der Waals surface area (Å²) in [5.74, 6) is 2.01. The first-order valence-corrected chi connectivity index (χ1v) is 5.85. The van der Waals surface area contributed by atoms with Crippen LogP contribution in [0.2, 0.25) is 0 Å². The standard InChI is InChI=1S/C14H17N3O2/c1-4-7-17-9-16-13(14(17)15)11-8-10(18-2)5-6-12(11)19-3/h4-6,8-9H,1,7,15H2,2-3H3. The van der Waals surface area contributed by atoms with Crippen molar-refractivity contribution in [1.29, 1.82) is 0 Å². The highest BCUT2D eigenvalue weighted by molar-refractivity contribution is 5.76. The van der Waals surface area contributed by atoms with E-state index in [1.807, 2.05) is 22.8 Å². The van der Waals surface area contributed by atoms with Crippen LogP contribution in [-0.2, 0) is 6.54 Å². The number of imidazole rings is 1. The molecule has 0 fully saturated rings. The van der Waals surface area contributed by atoms with E-state index >= 15 is 0 Å². The van der Waals surface area contributed by atoms with E-state index < -0.39 is 0 Å². The second-order valence-electron chi connectivity index (χ2n) is 3.99. The third-order valence-corrected chi connectivity index (χ3v) is 2.87. The van der Waals surface area contributed by atoms with Gasteiger partial charge >= 0.3 is 0 Å². The molecule has 5 heteroatoms. The summed E-state index contributed by atoms with van der Waals surface area (Å²) in [4.78, 5) is 4.34. The summed E-state index contributed by atoms with van der Waals surface area (Å²) in [6.45, 7) is 4.31. The normalized spacial score (nSPS) is 10.2. The van der Waals surface area contributed by atoms with Crippen LogP contribution in [0.25, 0.3) is 11.3 Å². The largest absolute Gasteiger partial charge is 0.497 e. The fraction of sp³-hybridized carbons (Fsp3) is 0.214. The number of hydrogen-bond acceptors (Lipinski definition) is 4. The minimum atomic E-state index is 0.575. The van der Waals surface area contributed by atoms with Crippen LogP contribution >= 0.6 is 0 Å². The van der Waals surface area contributed by atoms with Crippen molar-refractivity contribution in [2.75, 3.05) is 20.0 Å². The minimum absolute atomic E-state index is 0.575. The molecule has 0 amide bonds. The van der Waals surface area contributed by atoms with Gasteiger partial charge in [-0.25, -0.2) is 4.98 Å². The number of allylic oxidation sites excluding steroid dienone is 1. The number of nitrogens with two attached hydrogens (primary N) is 1. The second kappa shape index (κ2) is 5.48. The first-order chi connectivity index (χ1) is 9.21. The van der Waals surface area contributed by atoms with Gasteiger partial charge in [0.2, 0.25) is 0 Å². The molecule has 0 aliphatic carbocycles. The van der Waals surface area contributed by atoms with E-state index in [1.54, 1.807) is 26.6 Å². The van der Waals surface area contributed by atoms with E-state index in [9.17, 15) is 0 Å². The quantitative estimate of drug-likeness (QED) is 0.837. The van der Waals surface area contributed by atoms with Gasteiger partial charge < -0.3 is 19.8 Å². The zero-order chi connectivity index (χ0) is 13.8. The molecule has 100 valence electrons. The Kier molecular flexibility index (Phi) is 3.75. The third kappa shape index (κ3) is 2.40. The molecule has 0 radical (unpaired) electrons. The van der Waals surface area contributed by atoms with Gasteiger partial charge in [0.05, 0.1) is 20.5 Å². The van der Waals surface area contributed by atoms with Gasteiger partial charge in [0.25, 0.3) is 0 Å². The molecule has 0 spiro atoms. The van der Waals surface area contributed by atoms with Crippen molar-refractivity contribution in [3.05, 3.63) is 37.2 Å². The van der Waals surface area contributed by atoms with Gasteiger partial charge in [-0.05, 0) is 18.2 Å². The molecule has 0 saturated heterocycles. The van der Waals surface area contributed by atoms with Crippen molar-refractivity contribution in [2.45, 2.75) is 6.54 Å². The number of rotatable bonds is 5. The number of methoxy groups -OCH3 is 2. The SMILES string of the molecule is C=CCn1cnc(-c2cc(OC)ccc2OC)c1N. The average Bonchev–Trinajstić information content (AvgIpc) is 2.80. The molecular weight excluding hydrogens is 242 g/mol. The highest BCUT2D eigenvalue weighted by Gasteiger charge is 2.15. The van der Waals surface area contributed by atoms with E-state index in [4.69, 9.17) is 15.2 Å². The summed E-state index contributed by atoms with van der Waals surface area (Å²) in [6, 6.07) is 5.52. The number of anilines is 1. The highest BCUT2D eigenvalue weighted by atomic mass is 16.5. The van der Waals surface area contributed by atoms with Crippen LogP contribution in [0.1, 0.15) is 0 Å². The molecule has 0 atom stereocenters. The van der Waals surface area contributed by atoms with Crippen LogP contribution in [0.3, 0.4) is 0 Å². The second-order valence-corrected chi connectivity index (χ2v) is 3.99. The maximum absolute atomic E-state index is 6.09. The Labute approximate surface area is 112 Å². The summed E-state index contributed by atoms with van der Waals surface area (Å²) in [5.41, 5.74) is 7.58. The number of ether oxygens (including phenoxy) is 2. The summed E-state index contributed by atoms with van der Waals surface area (Å²) < 4.78 is 12.4. The number of nitrogen functional groups attached to an aromatic ring is 1. The van der Waals surface area contributed by atoms with Crippen LogP contribution in [0.5, 0.6) is 11.5 Å². The third-order valence-electron chi connectivity index (χ3n) is 2.87. The Balaban J connectivity index is 2.53. The molecule has 0 bridgehead atoms.